The lowest BCUT2D eigenvalue weighted by Crippen LogP contribution is -2.18. The molecule has 0 bridgehead atoms. The number of rotatable bonds is 3. The van der Waals surface area contributed by atoms with Crippen LogP contribution in [0, 0.1) is 0 Å². The Morgan fingerprint density at radius 1 is 1.58 bits per heavy atom. The molecule has 0 saturated heterocycles. The van der Waals surface area contributed by atoms with Crippen LogP contribution in [-0.4, -0.2) is 30.2 Å². The van der Waals surface area contributed by atoms with E-state index in [1.807, 2.05) is 0 Å². The van der Waals surface area contributed by atoms with E-state index in [9.17, 15) is 4.79 Å². The molecule has 0 fully saturated rings. The Bertz CT molecular complexity index is 280. The normalized spacial score (nSPS) is 10.2. The number of nitrogens with zero attached hydrogens (tertiary/aromatic N) is 1. The number of carbonyl (C=O) groups is 1. The van der Waals surface area contributed by atoms with Crippen LogP contribution in [-0.2, 0) is 0 Å². The number of hydrazine groups is 1. The number of aromatic carboxylic acids is 1. The highest BCUT2D eigenvalue weighted by atomic mass is 16.4. The predicted molar refractivity (Wildman–Crippen MR) is 43.0 cm³/mol. The standard InChI is InChI=1S/C7H10N2O3/c1-9(2)8-6-4-3-5(12-6)7(10)11/h3-4,8H,1-2H3,(H,10,11). The molecule has 1 aromatic heterocycles. The van der Waals surface area contributed by atoms with Gasteiger partial charge in [0.2, 0.25) is 11.6 Å². The van der Waals surface area contributed by atoms with Crippen LogP contribution >= 0.6 is 0 Å². The highest BCUT2D eigenvalue weighted by Gasteiger charge is 2.08. The molecule has 5 nitrogen and oxygen atoms in total. The van der Waals surface area contributed by atoms with E-state index in [1.54, 1.807) is 25.2 Å². The molecule has 0 aliphatic heterocycles. The van der Waals surface area contributed by atoms with Gasteiger partial charge in [0.05, 0.1) is 0 Å². The molecule has 2 N–H and O–H groups in total. The van der Waals surface area contributed by atoms with E-state index in [-0.39, 0.29) is 5.76 Å². The van der Waals surface area contributed by atoms with Crippen molar-refractivity contribution in [3.63, 3.8) is 0 Å². The summed E-state index contributed by atoms with van der Waals surface area (Å²) in [5.74, 6) is -0.724. The summed E-state index contributed by atoms with van der Waals surface area (Å²) < 4.78 is 4.90. The lowest BCUT2D eigenvalue weighted by atomic mass is 10.5. The van der Waals surface area contributed by atoms with Crippen LogP contribution in [0.5, 0.6) is 0 Å². The third-order valence-electron chi connectivity index (χ3n) is 1.15. The molecule has 0 spiro atoms. The molecule has 0 aliphatic rings. The van der Waals surface area contributed by atoms with Gasteiger partial charge in [0.15, 0.2) is 0 Å². The highest BCUT2D eigenvalue weighted by molar-refractivity contribution is 5.84. The van der Waals surface area contributed by atoms with Gasteiger partial charge >= 0.3 is 5.97 Å². The molecule has 5 heteroatoms. The molecule has 1 rings (SSSR count). The van der Waals surface area contributed by atoms with E-state index in [4.69, 9.17) is 9.52 Å². The molecule has 0 atom stereocenters. The van der Waals surface area contributed by atoms with Gasteiger partial charge in [-0.25, -0.2) is 9.80 Å². The van der Waals surface area contributed by atoms with Crippen molar-refractivity contribution in [2.24, 2.45) is 0 Å². The molecule has 0 unspecified atom stereocenters. The van der Waals surface area contributed by atoms with Crippen molar-refractivity contribution in [1.29, 1.82) is 0 Å². The third-order valence-corrected chi connectivity index (χ3v) is 1.15. The average Bonchev–Trinajstić information content (AvgIpc) is 2.34. The molecule has 66 valence electrons. The van der Waals surface area contributed by atoms with Crippen LogP contribution in [0.25, 0.3) is 0 Å². The Morgan fingerprint density at radius 2 is 2.25 bits per heavy atom. The van der Waals surface area contributed by atoms with Gasteiger partial charge in [-0.05, 0) is 6.07 Å². The van der Waals surface area contributed by atoms with Crippen molar-refractivity contribution in [3.8, 4) is 0 Å². The number of carboxylic acid groups (broad SMARTS) is 1. The molecule has 0 amide bonds. The fraction of sp³-hybridized carbons (Fsp3) is 0.286. The summed E-state index contributed by atoms with van der Waals surface area (Å²) in [7, 11) is 3.56. The average molecular weight is 170 g/mol. The number of nitrogens with one attached hydrogen (secondary N) is 1. The van der Waals surface area contributed by atoms with Gasteiger partial charge in [0.25, 0.3) is 0 Å². The zero-order valence-corrected chi connectivity index (χ0v) is 6.87. The van der Waals surface area contributed by atoms with E-state index in [0.29, 0.717) is 5.88 Å². The summed E-state index contributed by atoms with van der Waals surface area (Å²) in [4.78, 5) is 10.4. The van der Waals surface area contributed by atoms with Gasteiger partial charge in [-0.15, -0.1) is 0 Å². The van der Waals surface area contributed by atoms with E-state index in [2.05, 4.69) is 5.43 Å². The number of hydrogen-bond donors (Lipinski definition) is 2. The molecule has 1 heterocycles. The zero-order chi connectivity index (χ0) is 9.14. The Labute approximate surface area is 69.6 Å². The Hall–Kier alpha value is -1.49. The molecule has 0 saturated carbocycles. The molecule has 0 aromatic carbocycles. The molecule has 1 aromatic rings. The van der Waals surface area contributed by atoms with Crippen molar-refractivity contribution in [2.45, 2.75) is 0 Å². The lowest BCUT2D eigenvalue weighted by molar-refractivity contribution is 0.0663. The maximum Gasteiger partial charge on any atom is 0.371 e. The lowest BCUT2D eigenvalue weighted by Gasteiger charge is -2.09. The molecule has 0 radical (unpaired) electrons. The van der Waals surface area contributed by atoms with Gasteiger partial charge < -0.3 is 9.52 Å². The molecule has 0 aliphatic carbocycles. The van der Waals surface area contributed by atoms with Gasteiger partial charge in [0.1, 0.15) is 0 Å². The largest absolute Gasteiger partial charge is 0.475 e. The Kier molecular flexibility index (Phi) is 2.35. The summed E-state index contributed by atoms with van der Waals surface area (Å²) in [6.07, 6.45) is 0. The van der Waals surface area contributed by atoms with Crippen LogP contribution in [0.2, 0.25) is 0 Å². The van der Waals surface area contributed by atoms with Crippen LogP contribution in [0.15, 0.2) is 16.5 Å². The smallest absolute Gasteiger partial charge is 0.371 e. The zero-order valence-electron chi connectivity index (χ0n) is 6.87. The first-order valence-electron chi connectivity index (χ1n) is 3.36. The van der Waals surface area contributed by atoms with Crippen LogP contribution in [0.4, 0.5) is 5.88 Å². The second-order valence-corrected chi connectivity index (χ2v) is 2.48. The van der Waals surface area contributed by atoms with Gasteiger partial charge in [0, 0.05) is 20.2 Å². The van der Waals surface area contributed by atoms with Crippen LogP contribution < -0.4 is 5.43 Å². The summed E-state index contributed by atoms with van der Waals surface area (Å²) in [6, 6.07) is 2.96. The van der Waals surface area contributed by atoms with Gasteiger partial charge in [-0.3, -0.25) is 5.43 Å². The second-order valence-electron chi connectivity index (χ2n) is 2.48. The van der Waals surface area contributed by atoms with E-state index >= 15 is 0 Å². The van der Waals surface area contributed by atoms with Crippen molar-refractivity contribution >= 4 is 11.9 Å². The van der Waals surface area contributed by atoms with E-state index in [1.165, 1.54) is 6.07 Å². The molecule has 12 heavy (non-hydrogen) atoms. The fourth-order valence-electron chi connectivity index (χ4n) is 0.733. The fourth-order valence-corrected chi connectivity index (χ4v) is 0.733. The Morgan fingerprint density at radius 3 is 2.67 bits per heavy atom. The number of carboxylic acids is 1. The first kappa shape index (κ1) is 8.61. The van der Waals surface area contributed by atoms with E-state index in [0.717, 1.165) is 0 Å². The van der Waals surface area contributed by atoms with Crippen LogP contribution in [0.3, 0.4) is 0 Å². The van der Waals surface area contributed by atoms with Crippen LogP contribution in [0.1, 0.15) is 10.6 Å². The summed E-state index contributed by atoms with van der Waals surface area (Å²) in [6.45, 7) is 0. The highest BCUT2D eigenvalue weighted by Crippen LogP contribution is 2.12. The Balaban J connectivity index is 2.71. The van der Waals surface area contributed by atoms with Gasteiger partial charge in [-0.2, -0.15) is 0 Å². The topological polar surface area (TPSA) is 65.7 Å². The van der Waals surface area contributed by atoms with E-state index < -0.39 is 5.97 Å². The van der Waals surface area contributed by atoms with Gasteiger partial charge in [-0.1, -0.05) is 0 Å². The minimum atomic E-state index is -1.07. The SMILES string of the molecule is CN(C)Nc1ccc(C(=O)O)o1. The minimum Gasteiger partial charge on any atom is -0.475 e. The number of hydrogen-bond acceptors (Lipinski definition) is 4. The number of anilines is 1. The maximum absolute atomic E-state index is 10.4. The molecular formula is C7H10N2O3. The first-order valence-corrected chi connectivity index (χ1v) is 3.36. The molecular weight excluding hydrogens is 160 g/mol. The second kappa shape index (κ2) is 3.27. The summed E-state index contributed by atoms with van der Waals surface area (Å²) >= 11 is 0. The first-order chi connectivity index (χ1) is 5.59. The van der Waals surface area contributed by atoms with Crippen molar-refractivity contribution in [1.82, 2.24) is 5.01 Å². The van der Waals surface area contributed by atoms with Crippen molar-refractivity contribution < 1.29 is 14.3 Å². The number of furan rings is 1. The van der Waals surface area contributed by atoms with Crippen molar-refractivity contribution in [3.05, 3.63) is 17.9 Å². The summed E-state index contributed by atoms with van der Waals surface area (Å²) in [5, 5.41) is 10.2. The summed E-state index contributed by atoms with van der Waals surface area (Å²) in [5.41, 5.74) is 2.78. The maximum atomic E-state index is 10.4. The minimum absolute atomic E-state index is 0.0700. The third kappa shape index (κ3) is 2.00. The van der Waals surface area contributed by atoms with Crippen molar-refractivity contribution in [2.75, 3.05) is 19.5 Å². The predicted octanol–water partition coefficient (Wildman–Crippen LogP) is 0.866. The quantitative estimate of drug-likeness (QED) is 0.659. The monoisotopic (exact) mass is 170 g/mol.